The Balaban J connectivity index is 2.74. The van der Waals surface area contributed by atoms with Crippen LogP contribution >= 0.6 is 27.3 Å². The van der Waals surface area contributed by atoms with Gasteiger partial charge < -0.3 is 4.90 Å². The number of nitrogens with zero attached hydrogens (tertiary/aromatic N) is 2. The fraction of sp³-hybridized carbons (Fsp3) is 0.625. The second-order valence-corrected chi connectivity index (χ2v) is 4.72. The van der Waals surface area contributed by atoms with Crippen molar-refractivity contribution in [2.75, 3.05) is 23.8 Å². The Bertz CT molecular complexity index is 240. The van der Waals surface area contributed by atoms with Crippen molar-refractivity contribution in [3.05, 3.63) is 10.6 Å². The Hall–Kier alpha value is -0.0900. The SMILES string of the molecule is Cc1nc(N(C)CCBr)sc1C. The molecule has 0 bridgehead atoms. The first-order valence-corrected chi connectivity index (χ1v) is 5.80. The molecule has 2 nitrogen and oxygen atoms in total. The molecule has 0 saturated heterocycles. The number of rotatable bonds is 3. The molecular formula is C8H13BrN2S. The summed E-state index contributed by atoms with van der Waals surface area (Å²) in [6.45, 7) is 5.17. The van der Waals surface area contributed by atoms with Crippen LogP contribution in [-0.2, 0) is 0 Å². The average Bonchev–Trinajstić information content (AvgIpc) is 2.33. The van der Waals surface area contributed by atoms with Crippen molar-refractivity contribution in [1.82, 2.24) is 4.98 Å². The van der Waals surface area contributed by atoms with Crippen molar-refractivity contribution in [3.63, 3.8) is 0 Å². The first kappa shape index (κ1) is 9.99. The number of aromatic nitrogens is 1. The Morgan fingerprint density at radius 2 is 2.17 bits per heavy atom. The average molecular weight is 249 g/mol. The van der Waals surface area contributed by atoms with Gasteiger partial charge in [-0.3, -0.25) is 0 Å². The smallest absolute Gasteiger partial charge is 0.185 e. The molecule has 0 aromatic carbocycles. The Kier molecular flexibility index (Phi) is 3.53. The molecule has 12 heavy (non-hydrogen) atoms. The lowest BCUT2D eigenvalue weighted by Crippen LogP contribution is -2.18. The molecule has 0 spiro atoms. The van der Waals surface area contributed by atoms with Crippen LogP contribution in [0.4, 0.5) is 5.13 Å². The molecule has 0 N–H and O–H groups in total. The maximum atomic E-state index is 4.45. The second kappa shape index (κ2) is 4.23. The van der Waals surface area contributed by atoms with E-state index >= 15 is 0 Å². The first-order chi connectivity index (χ1) is 5.65. The number of anilines is 1. The highest BCUT2D eigenvalue weighted by Gasteiger charge is 2.06. The maximum absolute atomic E-state index is 4.45. The van der Waals surface area contributed by atoms with E-state index in [4.69, 9.17) is 0 Å². The van der Waals surface area contributed by atoms with E-state index in [1.165, 1.54) is 4.88 Å². The van der Waals surface area contributed by atoms with Gasteiger partial charge in [0, 0.05) is 23.8 Å². The molecule has 0 aliphatic heterocycles. The zero-order valence-corrected chi connectivity index (χ0v) is 10.00. The van der Waals surface area contributed by atoms with E-state index in [0.29, 0.717) is 0 Å². The van der Waals surface area contributed by atoms with E-state index < -0.39 is 0 Å². The molecule has 68 valence electrons. The molecule has 0 fully saturated rings. The summed E-state index contributed by atoms with van der Waals surface area (Å²) in [7, 11) is 2.07. The summed E-state index contributed by atoms with van der Waals surface area (Å²) in [6, 6.07) is 0. The van der Waals surface area contributed by atoms with E-state index in [1.807, 2.05) is 0 Å². The molecule has 0 amide bonds. The van der Waals surface area contributed by atoms with E-state index in [1.54, 1.807) is 11.3 Å². The Labute approximate surface area is 85.7 Å². The number of halogens is 1. The van der Waals surface area contributed by atoms with Crippen molar-refractivity contribution in [2.45, 2.75) is 13.8 Å². The molecular weight excluding hydrogens is 236 g/mol. The monoisotopic (exact) mass is 248 g/mol. The first-order valence-electron chi connectivity index (χ1n) is 3.86. The molecule has 0 radical (unpaired) electrons. The topological polar surface area (TPSA) is 16.1 Å². The van der Waals surface area contributed by atoms with Crippen LogP contribution in [0.5, 0.6) is 0 Å². The van der Waals surface area contributed by atoms with Gasteiger partial charge in [0.2, 0.25) is 0 Å². The van der Waals surface area contributed by atoms with Gasteiger partial charge in [0.05, 0.1) is 5.69 Å². The highest BCUT2D eigenvalue weighted by atomic mass is 79.9. The standard InChI is InChI=1S/C8H13BrN2S/c1-6-7(2)12-8(10-6)11(3)5-4-9/h4-5H2,1-3H3. The Morgan fingerprint density at radius 3 is 2.58 bits per heavy atom. The molecule has 4 heteroatoms. The van der Waals surface area contributed by atoms with Crippen LogP contribution in [0.15, 0.2) is 0 Å². The van der Waals surface area contributed by atoms with Gasteiger partial charge in [-0.2, -0.15) is 0 Å². The van der Waals surface area contributed by atoms with Gasteiger partial charge in [-0.1, -0.05) is 15.9 Å². The number of aryl methyl sites for hydroxylation is 2. The third-order valence-electron chi connectivity index (χ3n) is 1.76. The van der Waals surface area contributed by atoms with Gasteiger partial charge in [0.1, 0.15) is 0 Å². The van der Waals surface area contributed by atoms with Crippen LogP contribution in [0.25, 0.3) is 0 Å². The molecule has 0 saturated carbocycles. The zero-order chi connectivity index (χ0) is 9.14. The number of hydrogen-bond donors (Lipinski definition) is 0. The van der Waals surface area contributed by atoms with Gasteiger partial charge >= 0.3 is 0 Å². The summed E-state index contributed by atoms with van der Waals surface area (Å²) >= 11 is 5.16. The molecule has 1 heterocycles. The minimum atomic E-state index is 0.987. The molecule has 0 unspecified atom stereocenters. The minimum Gasteiger partial charge on any atom is -0.350 e. The maximum Gasteiger partial charge on any atom is 0.185 e. The summed E-state index contributed by atoms with van der Waals surface area (Å²) in [6.07, 6.45) is 0. The highest BCUT2D eigenvalue weighted by molar-refractivity contribution is 9.09. The van der Waals surface area contributed by atoms with Crippen LogP contribution in [0.2, 0.25) is 0 Å². The van der Waals surface area contributed by atoms with E-state index in [9.17, 15) is 0 Å². The number of hydrogen-bond acceptors (Lipinski definition) is 3. The van der Waals surface area contributed by atoms with Crippen molar-refractivity contribution in [2.24, 2.45) is 0 Å². The summed E-state index contributed by atoms with van der Waals surface area (Å²) in [5, 5.41) is 2.10. The fourth-order valence-corrected chi connectivity index (χ4v) is 2.27. The third-order valence-corrected chi connectivity index (χ3v) is 3.31. The van der Waals surface area contributed by atoms with Crippen LogP contribution in [-0.4, -0.2) is 23.9 Å². The summed E-state index contributed by atoms with van der Waals surface area (Å²) in [5.41, 5.74) is 1.15. The predicted octanol–water partition coefficient (Wildman–Crippen LogP) is 2.59. The van der Waals surface area contributed by atoms with Gasteiger partial charge in [0.15, 0.2) is 5.13 Å². The van der Waals surface area contributed by atoms with Crippen LogP contribution in [0, 0.1) is 13.8 Å². The van der Waals surface area contributed by atoms with Crippen LogP contribution in [0.3, 0.4) is 0 Å². The summed E-state index contributed by atoms with van der Waals surface area (Å²) < 4.78 is 0. The quantitative estimate of drug-likeness (QED) is 0.765. The molecule has 1 aromatic rings. The molecule has 1 rings (SSSR count). The Morgan fingerprint density at radius 1 is 1.50 bits per heavy atom. The lowest BCUT2D eigenvalue weighted by atomic mass is 10.4. The lowest BCUT2D eigenvalue weighted by molar-refractivity contribution is 0.965. The predicted molar refractivity (Wildman–Crippen MR) is 58.7 cm³/mol. The lowest BCUT2D eigenvalue weighted by Gasteiger charge is -2.12. The van der Waals surface area contributed by atoms with Crippen molar-refractivity contribution in [3.8, 4) is 0 Å². The molecule has 0 aliphatic carbocycles. The van der Waals surface area contributed by atoms with Gasteiger partial charge in [0.25, 0.3) is 0 Å². The minimum absolute atomic E-state index is 0.987. The fourth-order valence-electron chi connectivity index (χ4n) is 0.841. The number of thiazole rings is 1. The summed E-state index contributed by atoms with van der Waals surface area (Å²) in [5.74, 6) is 0. The molecule has 0 atom stereocenters. The summed E-state index contributed by atoms with van der Waals surface area (Å²) in [4.78, 5) is 7.93. The van der Waals surface area contributed by atoms with E-state index in [2.05, 4.69) is 46.7 Å². The normalized spacial score (nSPS) is 10.3. The van der Waals surface area contributed by atoms with Crippen molar-refractivity contribution < 1.29 is 0 Å². The van der Waals surface area contributed by atoms with Crippen molar-refractivity contribution in [1.29, 1.82) is 0 Å². The van der Waals surface area contributed by atoms with Crippen LogP contribution in [0.1, 0.15) is 10.6 Å². The largest absolute Gasteiger partial charge is 0.350 e. The van der Waals surface area contributed by atoms with E-state index in [-0.39, 0.29) is 0 Å². The zero-order valence-electron chi connectivity index (χ0n) is 7.59. The molecule has 0 aliphatic rings. The second-order valence-electron chi connectivity index (χ2n) is 2.75. The van der Waals surface area contributed by atoms with Gasteiger partial charge in [-0.05, 0) is 13.8 Å². The third kappa shape index (κ3) is 2.20. The highest BCUT2D eigenvalue weighted by Crippen LogP contribution is 2.23. The van der Waals surface area contributed by atoms with Crippen molar-refractivity contribution >= 4 is 32.4 Å². The van der Waals surface area contributed by atoms with Gasteiger partial charge in [-0.25, -0.2) is 4.98 Å². The van der Waals surface area contributed by atoms with Crippen LogP contribution < -0.4 is 4.90 Å². The van der Waals surface area contributed by atoms with Gasteiger partial charge in [-0.15, -0.1) is 11.3 Å². The number of alkyl halides is 1. The molecule has 1 aromatic heterocycles. The van der Waals surface area contributed by atoms with E-state index in [0.717, 1.165) is 22.7 Å².